The third-order valence-corrected chi connectivity index (χ3v) is 7.24. The van der Waals surface area contributed by atoms with E-state index in [4.69, 9.17) is 28.4 Å². The maximum absolute atomic E-state index is 12.5. The molecule has 0 bridgehead atoms. The van der Waals surface area contributed by atoms with Crippen molar-refractivity contribution in [2.75, 3.05) is 13.2 Å². The van der Waals surface area contributed by atoms with Crippen LogP contribution in [-0.4, -0.2) is 37.7 Å². The van der Waals surface area contributed by atoms with Crippen molar-refractivity contribution in [3.8, 4) is 23.0 Å². The lowest BCUT2D eigenvalue weighted by atomic mass is 10.1. The zero-order valence-corrected chi connectivity index (χ0v) is 24.9. The molecule has 5 rings (SSSR count). The minimum Gasteiger partial charge on any atom is -0.465 e. The molecule has 8 heteroatoms. The fourth-order valence-corrected chi connectivity index (χ4v) is 4.84. The van der Waals surface area contributed by atoms with E-state index in [1.807, 2.05) is 55.5 Å². The van der Waals surface area contributed by atoms with Crippen LogP contribution in [-0.2, 0) is 25.5 Å². The van der Waals surface area contributed by atoms with E-state index in [1.54, 1.807) is 30.4 Å². The van der Waals surface area contributed by atoms with Crippen LogP contribution in [0, 0.1) is 0 Å². The highest BCUT2D eigenvalue weighted by molar-refractivity contribution is 5.89. The van der Waals surface area contributed by atoms with Crippen LogP contribution in [0.15, 0.2) is 78.9 Å². The van der Waals surface area contributed by atoms with Gasteiger partial charge in [-0.2, -0.15) is 0 Å². The molecular formula is C36H38O8. The van der Waals surface area contributed by atoms with Gasteiger partial charge in [0.25, 0.3) is 0 Å². The van der Waals surface area contributed by atoms with Crippen molar-refractivity contribution < 1.29 is 38.0 Å². The average molecular weight is 599 g/mol. The van der Waals surface area contributed by atoms with E-state index < -0.39 is 11.9 Å². The number of hydrogen-bond acceptors (Lipinski definition) is 8. The van der Waals surface area contributed by atoms with Crippen molar-refractivity contribution in [3.63, 3.8) is 0 Å². The molecule has 2 atom stereocenters. The molecule has 0 spiro atoms. The van der Waals surface area contributed by atoms with Crippen molar-refractivity contribution in [2.45, 2.75) is 64.4 Å². The van der Waals surface area contributed by atoms with Gasteiger partial charge in [0.1, 0.15) is 23.0 Å². The van der Waals surface area contributed by atoms with E-state index in [1.165, 1.54) is 12.2 Å². The van der Waals surface area contributed by atoms with Crippen LogP contribution in [0.25, 0.3) is 12.2 Å². The summed E-state index contributed by atoms with van der Waals surface area (Å²) in [6.45, 7) is 3.38. The minimum absolute atomic E-state index is 0.203. The van der Waals surface area contributed by atoms with Gasteiger partial charge in [0.05, 0.1) is 13.2 Å². The first-order valence-electron chi connectivity index (χ1n) is 15.2. The summed E-state index contributed by atoms with van der Waals surface area (Å²) < 4.78 is 34.0. The highest BCUT2D eigenvalue weighted by Crippen LogP contribution is 2.26. The Balaban J connectivity index is 1.10. The molecule has 3 aromatic carbocycles. The molecule has 44 heavy (non-hydrogen) atoms. The van der Waals surface area contributed by atoms with Gasteiger partial charge in [0.2, 0.25) is 0 Å². The number of carbonyl (C=O) groups is 2. The summed E-state index contributed by atoms with van der Waals surface area (Å²) in [5.74, 6) is 1.21. The molecule has 8 nitrogen and oxygen atoms in total. The maximum Gasteiger partial charge on any atom is 0.336 e. The van der Waals surface area contributed by atoms with Gasteiger partial charge in [-0.3, -0.25) is 0 Å². The standard InChI is InChI=1S/C36H38O8/c1-2-28-25-31(41-33(37)21-13-26-9-15-29(16-10-26)42-35-7-3-5-23-39-35)19-20-32(28)44-34(38)22-14-27-11-17-30(18-12-27)43-36-8-4-6-24-40-36/h9-22,25,35-36H,2-8,23-24H2,1H3/b21-13+,22-14+. The largest absolute Gasteiger partial charge is 0.465 e. The van der Waals surface area contributed by atoms with Gasteiger partial charge in [-0.15, -0.1) is 0 Å². The molecular weight excluding hydrogens is 560 g/mol. The predicted molar refractivity (Wildman–Crippen MR) is 166 cm³/mol. The molecule has 2 unspecified atom stereocenters. The Kier molecular flexibility index (Phi) is 11.2. The molecule has 0 amide bonds. The highest BCUT2D eigenvalue weighted by atomic mass is 16.7. The fraction of sp³-hybridized carbons (Fsp3) is 0.333. The smallest absolute Gasteiger partial charge is 0.336 e. The van der Waals surface area contributed by atoms with Crippen LogP contribution in [0.4, 0.5) is 0 Å². The number of ether oxygens (including phenoxy) is 6. The SMILES string of the molecule is CCc1cc(OC(=O)/C=C/c2ccc(OC3CCCCO3)cc2)ccc1OC(=O)/C=C/c1ccc(OC2CCCCO2)cc1. The van der Waals surface area contributed by atoms with E-state index in [-0.39, 0.29) is 12.6 Å². The molecule has 2 heterocycles. The topological polar surface area (TPSA) is 89.5 Å². The Morgan fingerprint density at radius 1 is 0.682 bits per heavy atom. The second-order valence-corrected chi connectivity index (χ2v) is 10.6. The summed E-state index contributed by atoms with van der Waals surface area (Å²) in [7, 11) is 0. The number of benzene rings is 3. The first-order chi connectivity index (χ1) is 21.5. The predicted octanol–water partition coefficient (Wildman–Crippen LogP) is 7.30. The Morgan fingerprint density at radius 2 is 1.18 bits per heavy atom. The molecule has 2 aliphatic rings. The molecule has 0 N–H and O–H groups in total. The molecule has 0 radical (unpaired) electrons. The van der Waals surface area contributed by atoms with E-state index in [0.29, 0.717) is 17.9 Å². The second kappa shape index (κ2) is 15.9. The molecule has 0 aromatic heterocycles. The Hall–Kier alpha value is -4.40. The van der Waals surface area contributed by atoms with Crippen LogP contribution < -0.4 is 18.9 Å². The Morgan fingerprint density at radius 3 is 1.66 bits per heavy atom. The van der Waals surface area contributed by atoms with Crippen molar-refractivity contribution in [1.82, 2.24) is 0 Å². The first kappa shape index (κ1) is 31.0. The van der Waals surface area contributed by atoms with E-state index in [0.717, 1.165) is 79.9 Å². The summed E-state index contributed by atoms with van der Waals surface area (Å²) in [6.07, 6.45) is 12.4. The van der Waals surface area contributed by atoms with E-state index >= 15 is 0 Å². The lowest BCUT2D eigenvalue weighted by Crippen LogP contribution is -2.24. The fourth-order valence-electron chi connectivity index (χ4n) is 4.84. The van der Waals surface area contributed by atoms with Crippen molar-refractivity contribution in [2.24, 2.45) is 0 Å². The van der Waals surface area contributed by atoms with Crippen molar-refractivity contribution in [1.29, 1.82) is 0 Å². The van der Waals surface area contributed by atoms with E-state index in [9.17, 15) is 9.59 Å². The van der Waals surface area contributed by atoms with Crippen LogP contribution >= 0.6 is 0 Å². The third kappa shape index (κ3) is 9.56. The maximum atomic E-state index is 12.5. The molecule has 0 saturated carbocycles. The van der Waals surface area contributed by atoms with Gasteiger partial charge in [-0.25, -0.2) is 9.59 Å². The lowest BCUT2D eigenvalue weighted by Gasteiger charge is -2.23. The first-order valence-corrected chi connectivity index (χ1v) is 15.2. The van der Waals surface area contributed by atoms with Gasteiger partial charge in [0, 0.05) is 25.0 Å². The molecule has 230 valence electrons. The number of rotatable bonds is 11. The van der Waals surface area contributed by atoms with Crippen LogP contribution in [0.1, 0.15) is 62.1 Å². The minimum atomic E-state index is -0.515. The number of hydrogen-bond donors (Lipinski definition) is 0. The number of aryl methyl sites for hydroxylation is 1. The molecule has 3 aromatic rings. The Bertz CT molecular complexity index is 1430. The van der Waals surface area contributed by atoms with Gasteiger partial charge < -0.3 is 28.4 Å². The molecule has 2 aliphatic heterocycles. The second-order valence-electron chi connectivity index (χ2n) is 10.6. The monoisotopic (exact) mass is 598 g/mol. The van der Waals surface area contributed by atoms with Crippen LogP contribution in [0.5, 0.6) is 23.0 Å². The average Bonchev–Trinajstić information content (AvgIpc) is 3.06. The van der Waals surface area contributed by atoms with Gasteiger partial charge in [-0.1, -0.05) is 31.2 Å². The van der Waals surface area contributed by atoms with Crippen LogP contribution in [0.2, 0.25) is 0 Å². The normalized spacial score (nSPS) is 18.7. The summed E-state index contributed by atoms with van der Waals surface area (Å²) in [5.41, 5.74) is 2.41. The number of esters is 2. The summed E-state index contributed by atoms with van der Waals surface area (Å²) >= 11 is 0. The summed E-state index contributed by atoms with van der Waals surface area (Å²) in [6, 6.07) is 19.8. The van der Waals surface area contributed by atoms with Crippen molar-refractivity contribution in [3.05, 3.63) is 95.6 Å². The molecule has 2 fully saturated rings. The zero-order chi connectivity index (χ0) is 30.6. The summed E-state index contributed by atoms with van der Waals surface area (Å²) in [4.78, 5) is 25.0. The summed E-state index contributed by atoms with van der Waals surface area (Å²) in [5, 5.41) is 0. The molecule has 2 saturated heterocycles. The Labute approximate surface area is 258 Å². The quantitative estimate of drug-likeness (QED) is 0.129. The highest BCUT2D eigenvalue weighted by Gasteiger charge is 2.16. The zero-order valence-electron chi connectivity index (χ0n) is 24.9. The van der Waals surface area contributed by atoms with Crippen molar-refractivity contribution >= 4 is 24.1 Å². The van der Waals surface area contributed by atoms with Gasteiger partial charge in [-0.05, 0) is 103 Å². The molecule has 0 aliphatic carbocycles. The van der Waals surface area contributed by atoms with Gasteiger partial charge >= 0.3 is 11.9 Å². The number of carbonyl (C=O) groups excluding carboxylic acids is 2. The van der Waals surface area contributed by atoms with Crippen LogP contribution in [0.3, 0.4) is 0 Å². The lowest BCUT2D eigenvalue weighted by molar-refractivity contribution is -0.130. The van der Waals surface area contributed by atoms with Gasteiger partial charge in [0.15, 0.2) is 12.6 Å². The third-order valence-electron chi connectivity index (χ3n) is 7.24. The van der Waals surface area contributed by atoms with E-state index in [2.05, 4.69) is 0 Å².